The molecule has 7 heteroatoms. The van der Waals surface area contributed by atoms with Crippen molar-refractivity contribution in [3.05, 3.63) is 0 Å². The van der Waals surface area contributed by atoms with Crippen molar-refractivity contribution in [3.63, 3.8) is 0 Å². The van der Waals surface area contributed by atoms with Crippen molar-refractivity contribution in [1.29, 1.82) is 0 Å². The van der Waals surface area contributed by atoms with E-state index < -0.39 is 15.7 Å². The van der Waals surface area contributed by atoms with E-state index in [1.54, 1.807) is 0 Å². The molecule has 1 aliphatic rings. The smallest absolute Gasteiger partial charge is 0.218 e. The average molecular weight is 264 g/mol. The molecular weight excluding hydrogens is 244 g/mol. The lowest BCUT2D eigenvalue weighted by molar-refractivity contribution is -0.117. The first-order valence-electron chi connectivity index (χ1n) is 5.78. The van der Waals surface area contributed by atoms with Crippen molar-refractivity contribution in [3.8, 4) is 0 Å². The lowest BCUT2D eigenvalue weighted by atomic mass is 10.2. The van der Waals surface area contributed by atoms with Gasteiger partial charge in [0.25, 0.3) is 0 Å². The molecule has 100 valence electrons. The van der Waals surface area contributed by atoms with Crippen LogP contribution in [0.25, 0.3) is 0 Å². The largest absolute Gasteiger partial charge is 0.395 e. The highest BCUT2D eigenvalue weighted by Crippen LogP contribution is 2.16. The molecule has 0 bridgehead atoms. The molecule has 1 heterocycles. The molecule has 1 amide bonds. The second-order valence-electron chi connectivity index (χ2n) is 4.38. The number of rotatable bonds is 7. The van der Waals surface area contributed by atoms with Gasteiger partial charge in [-0.3, -0.25) is 9.69 Å². The standard InChI is InChI=1S/C10H20N2O4S/c11-10(14)3-6-17(15,16)7-5-12-4-1-2-9(12)8-13/h9,13H,1-8H2,(H2,11,14)/t9-/m1/s1. The number of aliphatic hydroxyl groups excluding tert-OH is 1. The van der Waals surface area contributed by atoms with Gasteiger partial charge in [0.2, 0.25) is 5.91 Å². The van der Waals surface area contributed by atoms with Gasteiger partial charge >= 0.3 is 0 Å². The number of hydrogen-bond acceptors (Lipinski definition) is 5. The number of nitrogens with two attached hydrogens (primary N) is 1. The predicted octanol–water partition coefficient (Wildman–Crippen LogP) is -1.27. The fourth-order valence-electron chi connectivity index (χ4n) is 2.01. The Morgan fingerprint density at radius 1 is 1.41 bits per heavy atom. The van der Waals surface area contributed by atoms with Crippen LogP contribution < -0.4 is 5.73 Å². The normalized spacial score (nSPS) is 21.8. The fourth-order valence-corrected chi connectivity index (χ4v) is 3.24. The van der Waals surface area contributed by atoms with E-state index in [4.69, 9.17) is 10.8 Å². The quantitative estimate of drug-likeness (QED) is 0.597. The Bertz CT molecular complexity index is 355. The third-order valence-corrected chi connectivity index (χ3v) is 4.69. The Morgan fingerprint density at radius 2 is 2.12 bits per heavy atom. The second kappa shape index (κ2) is 6.32. The van der Waals surface area contributed by atoms with Crippen LogP contribution in [0.4, 0.5) is 0 Å². The maximum absolute atomic E-state index is 11.6. The molecule has 1 fully saturated rings. The monoisotopic (exact) mass is 264 g/mol. The van der Waals surface area contributed by atoms with Crippen LogP contribution in [0.3, 0.4) is 0 Å². The molecule has 0 aliphatic carbocycles. The van der Waals surface area contributed by atoms with Crippen molar-refractivity contribution in [2.45, 2.75) is 25.3 Å². The van der Waals surface area contributed by atoms with Gasteiger partial charge in [-0.05, 0) is 19.4 Å². The average Bonchev–Trinajstić information content (AvgIpc) is 2.71. The number of amides is 1. The van der Waals surface area contributed by atoms with Crippen LogP contribution in [0.15, 0.2) is 0 Å². The zero-order chi connectivity index (χ0) is 12.9. The van der Waals surface area contributed by atoms with Crippen LogP contribution in [-0.4, -0.2) is 61.6 Å². The minimum atomic E-state index is -3.22. The van der Waals surface area contributed by atoms with Gasteiger partial charge in [-0.1, -0.05) is 0 Å². The van der Waals surface area contributed by atoms with Crippen molar-refractivity contribution < 1.29 is 18.3 Å². The summed E-state index contributed by atoms with van der Waals surface area (Å²) in [4.78, 5) is 12.5. The molecule has 0 aromatic heterocycles. The number of carbonyl (C=O) groups excluding carboxylic acids is 1. The van der Waals surface area contributed by atoms with Crippen molar-refractivity contribution in [1.82, 2.24) is 4.90 Å². The Balaban J connectivity index is 2.36. The zero-order valence-electron chi connectivity index (χ0n) is 9.84. The maximum atomic E-state index is 11.6. The van der Waals surface area contributed by atoms with E-state index in [-0.39, 0.29) is 30.6 Å². The first-order chi connectivity index (χ1) is 7.94. The molecular formula is C10H20N2O4S. The molecule has 0 radical (unpaired) electrons. The second-order valence-corrected chi connectivity index (χ2v) is 6.69. The number of aliphatic hydroxyl groups is 1. The molecule has 1 rings (SSSR count). The first kappa shape index (κ1) is 14.4. The van der Waals surface area contributed by atoms with Gasteiger partial charge in [0.1, 0.15) is 0 Å². The summed E-state index contributed by atoms with van der Waals surface area (Å²) in [7, 11) is -3.22. The number of carbonyl (C=O) groups is 1. The number of primary amides is 1. The third kappa shape index (κ3) is 5.01. The molecule has 0 aromatic rings. The summed E-state index contributed by atoms with van der Waals surface area (Å²) >= 11 is 0. The third-order valence-electron chi connectivity index (χ3n) is 3.06. The molecule has 6 nitrogen and oxygen atoms in total. The van der Waals surface area contributed by atoms with Crippen LogP contribution in [0.2, 0.25) is 0 Å². The van der Waals surface area contributed by atoms with E-state index in [9.17, 15) is 13.2 Å². The van der Waals surface area contributed by atoms with Crippen LogP contribution in [0.1, 0.15) is 19.3 Å². The maximum Gasteiger partial charge on any atom is 0.218 e. The fraction of sp³-hybridized carbons (Fsp3) is 0.900. The van der Waals surface area contributed by atoms with Crippen LogP contribution >= 0.6 is 0 Å². The highest BCUT2D eigenvalue weighted by Gasteiger charge is 2.25. The van der Waals surface area contributed by atoms with Gasteiger partial charge in [0.15, 0.2) is 9.84 Å². The van der Waals surface area contributed by atoms with Gasteiger partial charge in [-0.2, -0.15) is 0 Å². The van der Waals surface area contributed by atoms with Crippen molar-refractivity contribution in [2.75, 3.05) is 31.2 Å². The summed E-state index contributed by atoms with van der Waals surface area (Å²) in [6, 6.07) is 0.0846. The summed E-state index contributed by atoms with van der Waals surface area (Å²) in [5.41, 5.74) is 4.91. The predicted molar refractivity (Wildman–Crippen MR) is 64.1 cm³/mol. The highest BCUT2D eigenvalue weighted by molar-refractivity contribution is 7.91. The summed E-state index contributed by atoms with van der Waals surface area (Å²) in [6.07, 6.45) is 1.79. The van der Waals surface area contributed by atoms with E-state index in [1.807, 2.05) is 4.90 Å². The summed E-state index contributed by atoms with van der Waals surface area (Å²) in [5.74, 6) is -0.750. The highest BCUT2D eigenvalue weighted by atomic mass is 32.2. The summed E-state index contributed by atoms with van der Waals surface area (Å²) < 4.78 is 23.2. The van der Waals surface area contributed by atoms with E-state index in [0.29, 0.717) is 6.54 Å². The molecule has 1 aliphatic heterocycles. The van der Waals surface area contributed by atoms with Gasteiger partial charge in [0.05, 0.1) is 18.1 Å². The SMILES string of the molecule is NC(=O)CCS(=O)(=O)CCN1CCC[C@@H]1CO. The van der Waals surface area contributed by atoms with Gasteiger partial charge < -0.3 is 10.8 Å². The molecule has 0 spiro atoms. The van der Waals surface area contributed by atoms with E-state index in [1.165, 1.54) is 0 Å². The molecule has 1 atom stereocenters. The van der Waals surface area contributed by atoms with Gasteiger partial charge in [0, 0.05) is 19.0 Å². The molecule has 17 heavy (non-hydrogen) atoms. The topological polar surface area (TPSA) is 101 Å². The Labute approximate surface area is 102 Å². The molecule has 0 unspecified atom stereocenters. The van der Waals surface area contributed by atoms with Crippen molar-refractivity contribution in [2.24, 2.45) is 5.73 Å². The van der Waals surface area contributed by atoms with E-state index in [2.05, 4.69) is 0 Å². The number of sulfone groups is 1. The molecule has 0 saturated carbocycles. The lowest BCUT2D eigenvalue weighted by Crippen LogP contribution is -2.36. The Hall–Kier alpha value is -0.660. The van der Waals surface area contributed by atoms with Crippen LogP contribution in [-0.2, 0) is 14.6 Å². The number of hydrogen-bond donors (Lipinski definition) is 2. The Kier molecular flexibility index (Phi) is 5.35. The molecule has 0 aromatic carbocycles. The molecule has 1 saturated heterocycles. The minimum Gasteiger partial charge on any atom is -0.395 e. The molecule has 3 N–H and O–H groups in total. The number of nitrogens with zero attached hydrogens (tertiary/aromatic N) is 1. The van der Waals surface area contributed by atoms with E-state index >= 15 is 0 Å². The van der Waals surface area contributed by atoms with Gasteiger partial charge in [-0.15, -0.1) is 0 Å². The Morgan fingerprint density at radius 3 is 2.71 bits per heavy atom. The van der Waals surface area contributed by atoms with Crippen LogP contribution in [0.5, 0.6) is 0 Å². The zero-order valence-corrected chi connectivity index (χ0v) is 10.7. The van der Waals surface area contributed by atoms with Crippen LogP contribution in [0, 0.1) is 0 Å². The van der Waals surface area contributed by atoms with Crippen molar-refractivity contribution >= 4 is 15.7 Å². The summed E-state index contributed by atoms with van der Waals surface area (Å²) in [6.45, 7) is 1.32. The van der Waals surface area contributed by atoms with E-state index in [0.717, 1.165) is 19.4 Å². The first-order valence-corrected chi connectivity index (χ1v) is 7.60. The minimum absolute atomic E-state index is 0.0246. The summed E-state index contributed by atoms with van der Waals surface area (Å²) in [5, 5.41) is 9.09. The van der Waals surface area contributed by atoms with Gasteiger partial charge in [-0.25, -0.2) is 8.42 Å². The lowest BCUT2D eigenvalue weighted by Gasteiger charge is -2.22. The number of likely N-dealkylation sites (tertiary alicyclic amines) is 1.